The molecule has 154 valence electrons. The molecule has 0 bridgehead atoms. The van der Waals surface area contributed by atoms with Crippen molar-refractivity contribution in [1.82, 2.24) is 10.7 Å². The normalized spacial score (nSPS) is 17.2. The fourth-order valence-electron chi connectivity index (χ4n) is 2.61. The molecule has 2 aromatic rings. The molecule has 1 saturated heterocycles. The Balaban J connectivity index is 1.80. The summed E-state index contributed by atoms with van der Waals surface area (Å²) in [7, 11) is 0. The number of hydrogen-bond acceptors (Lipinski definition) is 5. The van der Waals surface area contributed by atoms with Crippen molar-refractivity contribution in [1.29, 1.82) is 0 Å². The van der Waals surface area contributed by atoms with Gasteiger partial charge in [-0.3, -0.25) is 19.7 Å². The van der Waals surface area contributed by atoms with Gasteiger partial charge in [0.2, 0.25) is 5.91 Å². The molecule has 1 aliphatic heterocycles. The molecule has 3 rings (SSSR count). The van der Waals surface area contributed by atoms with Gasteiger partial charge in [-0.2, -0.15) is 18.3 Å². The summed E-state index contributed by atoms with van der Waals surface area (Å²) in [6.07, 6.45) is -3.89. The van der Waals surface area contributed by atoms with Crippen LogP contribution in [0.3, 0.4) is 0 Å². The van der Waals surface area contributed by atoms with Crippen LogP contribution in [0.15, 0.2) is 59.7 Å². The first-order valence-electron chi connectivity index (χ1n) is 8.43. The second kappa shape index (κ2) is 8.15. The first-order valence-corrected chi connectivity index (χ1v) is 8.43. The standard InChI is InChI=1S/C19H13F3N4O4/c20-19(21,22)12-7-4-8-13(9-12)26-17(29)14(16(28)24-18(26)30)10-23-25-15(27)11-5-2-1-3-6-11/h1-10,14H,(H,25,27)(H,24,28,30)/b23-10-/t14-/m1/s1. The monoisotopic (exact) mass is 418 g/mol. The van der Waals surface area contributed by atoms with Crippen LogP contribution in [0.25, 0.3) is 0 Å². The highest BCUT2D eigenvalue weighted by molar-refractivity contribution is 6.32. The number of urea groups is 1. The molecule has 1 atom stereocenters. The number of halogens is 3. The summed E-state index contributed by atoms with van der Waals surface area (Å²) >= 11 is 0. The summed E-state index contributed by atoms with van der Waals surface area (Å²) in [5.74, 6) is -4.37. The lowest BCUT2D eigenvalue weighted by Crippen LogP contribution is -2.58. The van der Waals surface area contributed by atoms with Crippen LogP contribution in [0.5, 0.6) is 0 Å². The quantitative estimate of drug-likeness (QED) is 0.451. The molecule has 11 heteroatoms. The van der Waals surface area contributed by atoms with Gasteiger partial charge in [0.05, 0.1) is 11.3 Å². The number of benzene rings is 2. The van der Waals surface area contributed by atoms with Crippen LogP contribution in [0.4, 0.5) is 23.7 Å². The molecule has 30 heavy (non-hydrogen) atoms. The van der Waals surface area contributed by atoms with E-state index in [4.69, 9.17) is 0 Å². The van der Waals surface area contributed by atoms with Gasteiger partial charge in [0.15, 0.2) is 5.92 Å². The Morgan fingerprint density at radius 2 is 1.77 bits per heavy atom. The zero-order valence-corrected chi connectivity index (χ0v) is 15.0. The number of nitrogens with zero attached hydrogens (tertiary/aromatic N) is 2. The van der Waals surface area contributed by atoms with Gasteiger partial charge in [0.1, 0.15) is 0 Å². The van der Waals surface area contributed by atoms with Gasteiger partial charge in [-0.15, -0.1) is 0 Å². The predicted octanol–water partition coefficient (Wildman–Crippen LogP) is 2.32. The van der Waals surface area contributed by atoms with E-state index in [-0.39, 0.29) is 11.3 Å². The number of rotatable bonds is 4. The molecule has 1 fully saturated rings. The summed E-state index contributed by atoms with van der Waals surface area (Å²) in [6, 6.07) is 10.3. The van der Waals surface area contributed by atoms with Gasteiger partial charge in [-0.25, -0.2) is 15.1 Å². The smallest absolute Gasteiger partial charge is 0.276 e. The number of imide groups is 2. The third kappa shape index (κ3) is 4.35. The van der Waals surface area contributed by atoms with E-state index >= 15 is 0 Å². The molecule has 8 nitrogen and oxygen atoms in total. The minimum atomic E-state index is -4.69. The minimum Gasteiger partial charge on any atom is -0.276 e. The number of hydrogen-bond donors (Lipinski definition) is 2. The second-order valence-corrected chi connectivity index (χ2v) is 6.08. The third-order valence-corrected chi connectivity index (χ3v) is 4.06. The lowest BCUT2D eigenvalue weighted by Gasteiger charge is -2.28. The molecule has 2 aromatic carbocycles. The summed E-state index contributed by atoms with van der Waals surface area (Å²) in [4.78, 5) is 49.0. The van der Waals surface area contributed by atoms with Gasteiger partial charge in [-0.1, -0.05) is 24.3 Å². The van der Waals surface area contributed by atoms with Crippen LogP contribution < -0.4 is 15.6 Å². The van der Waals surface area contributed by atoms with E-state index in [1.165, 1.54) is 12.1 Å². The average Bonchev–Trinajstić information content (AvgIpc) is 2.70. The highest BCUT2D eigenvalue weighted by Gasteiger charge is 2.41. The van der Waals surface area contributed by atoms with E-state index in [9.17, 15) is 32.3 Å². The highest BCUT2D eigenvalue weighted by atomic mass is 19.4. The van der Waals surface area contributed by atoms with Crippen molar-refractivity contribution in [2.24, 2.45) is 11.0 Å². The van der Waals surface area contributed by atoms with Gasteiger partial charge >= 0.3 is 12.2 Å². The number of anilines is 1. The van der Waals surface area contributed by atoms with Crippen LogP contribution in [0, 0.1) is 5.92 Å². The van der Waals surface area contributed by atoms with Gasteiger partial charge < -0.3 is 0 Å². The van der Waals surface area contributed by atoms with Crippen LogP contribution >= 0.6 is 0 Å². The topological polar surface area (TPSA) is 108 Å². The van der Waals surface area contributed by atoms with Crippen LogP contribution in [-0.2, 0) is 15.8 Å². The molecule has 1 aliphatic rings. The Morgan fingerprint density at radius 1 is 1.07 bits per heavy atom. The maximum absolute atomic E-state index is 12.9. The molecule has 0 aliphatic carbocycles. The zero-order valence-electron chi connectivity index (χ0n) is 15.0. The molecule has 0 unspecified atom stereocenters. The molecule has 1 heterocycles. The van der Waals surface area contributed by atoms with Crippen molar-refractivity contribution in [3.8, 4) is 0 Å². The van der Waals surface area contributed by atoms with Crippen molar-refractivity contribution < 1.29 is 32.3 Å². The Morgan fingerprint density at radius 3 is 2.43 bits per heavy atom. The van der Waals surface area contributed by atoms with Crippen LogP contribution in [-0.4, -0.2) is 30.0 Å². The molecular weight excluding hydrogens is 405 g/mol. The number of nitrogens with one attached hydrogen (secondary N) is 2. The van der Waals surface area contributed by atoms with E-state index in [0.29, 0.717) is 11.0 Å². The van der Waals surface area contributed by atoms with Crippen molar-refractivity contribution in [2.45, 2.75) is 6.18 Å². The molecule has 2 N–H and O–H groups in total. The molecule has 0 aromatic heterocycles. The summed E-state index contributed by atoms with van der Waals surface area (Å²) in [6.45, 7) is 0. The summed E-state index contributed by atoms with van der Waals surface area (Å²) in [5, 5.41) is 5.44. The number of carbonyl (C=O) groups excluding carboxylic acids is 4. The van der Waals surface area contributed by atoms with Crippen LogP contribution in [0.1, 0.15) is 15.9 Å². The summed E-state index contributed by atoms with van der Waals surface area (Å²) in [5.41, 5.74) is 0.961. The lowest BCUT2D eigenvalue weighted by atomic mass is 10.1. The van der Waals surface area contributed by atoms with Crippen molar-refractivity contribution in [2.75, 3.05) is 4.90 Å². The van der Waals surface area contributed by atoms with E-state index in [1.54, 1.807) is 18.2 Å². The molecule has 0 saturated carbocycles. The summed E-state index contributed by atoms with van der Waals surface area (Å²) < 4.78 is 38.8. The largest absolute Gasteiger partial charge is 0.416 e. The Hall–Kier alpha value is -4.02. The van der Waals surface area contributed by atoms with Crippen molar-refractivity contribution >= 4 is 35.7 Å². The third-order valence-electron chi connectivity index (χ3n) is 4.06. The molecule has 5 amide bonds. The second-order valence-electron chi connectivity index (χ2n) is 6.08. The van der Waals surface area contributed by atoms with E-state index in [2.05, 4.69) is 10.5 Å². The minimum absolute atomic E-state index is 0.273. The SMILES string of the molecule is O=C(N/N=C\[C@@H]1C(=O)NC(=O)N(c2cccc(C(F)(F)F)c2)C1=O)c1ccccc1. The zero-order chi connectivity index (χ0) is 21.9. The fourth-order valence-corrected chi connectivity index (χ4v) is 2.61. The maximum atomic E-state index is 12.9. The Bertz CT molecular complexity index is 1040. The van der Waals surface area contributed by atoms with Gasteiger partial charge in [0, 0.05) is 11.8 Å². The Kier molecular flexibility index (Phi) is 5.63. The molecule has 0 radical (unpaired) electrons. The van der Waals surface area contributed by atoms with E-state index in [1.807, 2.05) is 5.32 Å². The van der Waals surface area contributed by atoms with E-state index < -0.39 is 41.4 Å². The fraction of sp³-hybridized carbons (Fsp3) is 0.105. The lowest BCUT2D eigenvalue weighted by molar-refractivity contribution is -0.138. The first kappa shape index (κ1) is 20.7. The van der Waals surface area contributed by atoms with Crippen LogP contribution in [0.2, 0.25) is 0 Å². The predicted molar refractivity (Wildman–Crippen MR) is 98.4 cm³/mol. The molecular formula is C19H13F3N4O4. The number of amides is 5. The first-order chi connectivity index (χ1) is 14.2. The Labute approximate surface area is 167 Å². The average molecular weight is 418 g/mol. The van der Waals surface area contributed by atoms with Crippen molar-refractivity contribution in [3.05, 3.63) is 65.7 Å². The number of barbiturate groups is 1. The maximum Gasteiger partial charge on any atom is 0.416 e. The highest BCUT2D eigenvalue weighted by Crippen LogP contribution is 2.32. The van der Waals surface area contributed by atoms with Crippen molar-refractivity contribution in [3.63, 3.8) is 0 Å². The number of alkyl halides is 3. The van der Waals surface area contributed by atoms with Gasteiger partial charge in [0.25, 0.3) is 11.8 Å². The molecule has 0 spiro atoms. The van der Waals surface area contributed by atoms with Gasteiger partial charge in [-0.05, 0) is 30.3 Å². The van der Waals surface area contributed by atoms with E-state index in [0.717, 1.165) is 24.4 Å². The number of hydrazone groups is 1. The number of carbonyl (C=O) groups is 4.